The number of benzene rings is 1. The lowest BCUT2D eigenvalue weighted by atomic mass is 10.1. The van der Waals surface area contributed by atoms with Crippen LogP contribution in [0.4, 0.5) is 0 Å². The molecule has 1 rings (SSSR count). The Kier molecular flexibility index (Phi) is 2.75. The van der Waals surface area contributed by atoms with Gasteiger partial charge in [0.25, 0.3) is 0 Å². The van der Waals surface area contributed by atoms with E-state index in [4.69, 9.17) is 11.6 Å². The van der Waals surface area contributed by atoms with Crippen molar-refractivity contribution < 1.29 is 0 Å². The van der Waals surface area contributed by atoms with Gasteiger partial charge in [0, 0.05) is 5.02 Å². The van der Waals surface area contributed by atoms with Gasteiger partial charge in [-0.1, -0.05) is 29.4 Å². The zero-order valence-corrected chi connectivity index (χ0v) is 9.00. The Labute approximate surface area is 81.7 Å². The summed E-state index contributed by atoms with van der Waals surface area (Å²) in [6.45, 7) is 7.76. The topological polar surface area (TPSA) is 0 Å². The molecule has 61 valence electrons. The van der Waals surface area contributed by atoms with E-state index < -0.39 is 0 Å². The summed E-state index contributed by atoms with van der Waals surface area (Å²) in [4.78, 5) is 0. The molecule has 0 N–H and O–H groups in total. The molecule has 0 heterocycles. The molecule has 0 nitrogen and oxygen atoms in total. The lowest BCUT2D eigenvalue weighted by molar-refractivity contribution is 1.36. The van der Waals surface area contributed by atoms with Crippen LogP contribution in [0.15, 0.2) is 12.6 Å². The van der Waals surface area contributed by atoms with E-state index in [1.54, 1.807) is 6.08 Å². The molecule has 0 aliphatic heterocycles. The van der Waals surface area contributed by atoms with Crippen molar-refractivity contribution in [2.75, 3.05) is 0 Å². The molecular weight excluding hydrogens is 184 g/mol. The van der Waals surface area contributed by atoms with Crippen molar-refractivity contribution in [1.82, 2.24) is 0 Å². The first-order valence-corrected chi connectivity index (χ1v) is 4.59. The molecule has 0 aliphatic carbocycles. The van der Waals surface area contributed by atoms with Crippen LogP contribution >= 0.6 is 11.6 Å². The molecule has 0 spiro atoms. The number of hydrogen-bond donors (Lipinski definition) is 0. The van der Waals surface area contributed by atoms with Crippen LogP contribution in [0, 0.1) is 13.8 Å². The van der Waals surface area contributed by atoms with Gasteiger partial charge in [-0.2, -0.15) is 0 Å². The van der Waals surface area contributed by atoms with Gasteiger partial charge in [0.2, 0.25) is 0 Å². The highest BCUT2D eigenvalue weighted by atomic mass is 35.5. The average molecular weight is 194 g/mol. The number of halogens is 1. The molecular formula is C10H10ClSi. The molecule has 0 saturated carbocycles. The van der Waals surface area contributed by atoms with Gasteiger partial charge in [-0.05, 0) is 36.6 Å². The van der Waals surface area contributed by atoms with Crippen molar-refractivity contribution in [1.29, 1.82) is 0 Å². The Morgan fingerprint density at radius 1 is 1.42 bits per heavy atom. The lowest BCUT2D eigenvalue weighted by Crippen LogP contribution is -2.13. The maximum absolute atomic E-state index is 6.00. The van der Waals surface area contributed by atoms with Gasteiger partial charge in [-0.3, -0.25) is 0 Å². The minimum atomic E-state index is 0.796. The zero-order chi connectivity index (χ0) is 9.30. The molecule has 0 aliphatic rings. The van der Waals surface area contributed by atoms with Crippen molar-refractivity contribution in [2.45, 2.75) is 13.8 Å². The Hall–Kier alpha value is -0.533. The second-order valence-electron chi connectivity index (χ2n) is 2.78. The first-order chi connectivity index (χ1) is 5.57. The van der Waals surface area contributed by atoms with Gasteiger partial charge in [0.1, 0.15) is 0 Å². The third-order valence-corrected chi connectivity index (χ3v) is 3.14. The number of rotatable bonds is 1. The Bertz CT molecular complexity index is 329. The molecule has 0 unspecified atom stereocenters. The smallest absolute Gasteiger partial charge is 0.0724 e. The monoisotopic (exact) mass is 193 g/mol. The SMILES string of the molecule is C=Cc1cc(Cl)c(C)c(C)c1[Si]. The molecule has 0 bridgehead atoms. The molecule has 12 heavy (non-hydrogen) atoms. The maximum Gasteiger partial charge on any atom is 0.0724 e. The predicted molar refractivity (Wildman–Crippen MR) is 56.4 cm³/mol. The van der Waals surface area contributed by atoms with Crippen LogP contribution in [-0.4, -0.2) is 10.2 Å². The van der Waals surface area contributed by atoms with Gasteiger partial charge < -0.3 is 0 Å². The van der Waals surface area contributed by atoms with E-state index in [2.05, 4.69) is 16.8 Å². The Morgan fingerprint density at radius 2 is 2.00 bits per heavy atom. The molecule has 3 radical (unpaired) electrons. The van der Waals surface area contributed by atoms with E-state index in [0.29, 0.717) is 0 Å². The summed E-state index contributed by atoms with van der Waals surface area (Å²) >= 11 is 6.00. The second-order valence-corrected chi connectivity index (χ2v) is 3.68. The fraction of sp³-hybridized carbons (Fsp3) is 0.200. The van der Waals surface area contributed by atoms with Gasteiger partial charge in [-0.15, -0.1) is 0 Å². The van der Waals surface area contributed by atoms with E-state index >= 15 is 0 Å². The third kappa shape index (κ3) is 1.47. The quantitative estimate of drug-likeness (QED) is 0.601. The molecule has 1 aromatic carbocycles. The summed E-state index contributed by atoms with van der Waals surface area (Å²) in [6, 6.07) is 1.92. The second kappa shape index (κ2) is 3.46. The normalized spacial score (nSPS) is 10.0. The van der Waals surface area contributed by atoms with Crippen LogP contribution in [0.5, 0.6) is 0 Å². The van der Waals surface area contributed by atoms with Crippen molar-refractivity contribution in [3.05, 3.63) is 34.4 Å². The van der Waals surface area contributed by atoms with Crippen LogP contribution in [0.2, 0.25) is 5.02 Å². The van der Waals surface area contributed by atoms with Crippen LogP contribution < -0.4 is 5.19 Å². The maximum atomic E-state index is 6.00. The number of hydrogen-bond acceptors (Lipinski definition) is 0. The molecule has 2 heteroatoms. The minimum Gasteiger partial charge on any atom is -0.0985 e. The van der Waals surface area contributed by atoms with Gasteiger partial charge in [0.05, 0.1) is 10.2 Å². The molecule has 0 saturated heterocycles. The summed E-state index contributed by atoms with van der Waals surface area (Å²) in [5, 5.41) is 1.87. The van der Waals surface area contributed by atoms with Gasteiger partial charge in [-0.25, -0.2) is 0 Å². The van der Waals surface area contributed by atoms with E-state index in [1.807, 2.05) is 19.9 Å². The van der Waals surface area contributed by atoms with Crippen molar-refractivity contribution >= 4 is 33.1 Å². The third-order valence-electron chi connectivity index (χ3n) is 2.09. The molecule has 0 aromatic heterocycles. The largest absolute Gasteiger partial charge is 0.0985 e. The van der Waals surface area contributed by atoms with Gasteiger partial charge >= 0.3 is 0 Å². The van der Waals surface area contributed by atoms with Gasteiger partial charge in [0.15, 0.2) is 0 Å². The summed E-state index contributed by atoms with van der Waals surface area (Å²) in [5.41, 5.74) is 3.33. The molecule has 0 atom stereocenters. The first kappa shape index (κ1) is 9.55. The molecule has 0 fully saturated rings. The van der Waals surface area contributed by atoms with E-state index in [0.717, 1.165) is 21.3 Å². The van der Waals surface area contributed by atoms with E-state index in [-0.39, 0.29) is 0 Å². The predicted octanol–water partition coefficient (Wildman–Crippen LogP) is 2.39. The summed E-state index contributed by atoms with van der Waals surface area (Å²) in [5.74, 6) is 0. The summed E-state index contributed by atoms with van der Waals surface area (Å²) < 4.78 is 0. The fourth-order valence-electron chi connectivity index (χ4n) is 1.06. The molecule has 0 amide bonds. The van der Waals surface area contributed by atoms with Crippen LogP contribution in [-0.2, 0) is 0 Å². The van der Waals surface area contributed by atoms with Crippen LogP contribution in [0.25, 0.3) is 6.08 Å². The fourth-order valence-corrected chi connectivity index (χ4v) is 1.68. The van der Waals surface area contributed by atoms with Crippen LogP contribution in [0.3, 0.4) is 0 Å². The molecule has 1 aromatic rings. The first-order valence-electron chi connectivity index (χ1n) is 3.71. The van der Waals surface area contributed by atoms with E-state index in [9.17, 15) is 0 Å². The zero-order valence-electron chi connectivity index (χ0n) is 7.24. The Balaban J connectivity index is 3.49. The Morgan fingerprint density at radius 3 is 2.50 bits per heavy atom. The standard InChI is InChI=1S/C10H10ClSi/c1-4-8-5-9(11)6(2)7(3)10(8)12/h4-5H,1H2,2-3H3. The van der Waals surface area contributed by atoms with Crippen molar-refractivity contribution in [3.63, 3.8) is 0 Å². The minimum absolute atomic E-state index is 0.796. The highest BCUT2D eigenvalue weighted by Crippen LogP contribution is 2.19. The highest BCUT2D eigenvalue weighted by Gasteiger charge is 2.05. The van der Waals surface area contributed by atoms with Crippen molar-refractivity contribution in [3.8, 4) is 0 Å². The van der Waals surface area contributed by atoms with Crippen molar-refractivity contribution in [2.24, 2.45) is 0 Å². The summed E-state index contributed by atoms with van der Waals surface area (Å²) in [7, 11) is 3.55. The van der Waals surface area contributed by atoms with E-state index in [1.165, 1.54) is 5.56 Å². The highest BCUT2D eigenvalue weighted by molar-refractivity contribution is 6.37. The average Bonchev–Trinajstić information content (AvgIpc) is 2.08. The van der Waals surface area contributed by atoms with Crippen LogP contribution in [0.1, 0.15) is 16.7 Å². The summed E-state index contributed by atoms with van der Waals surface area (Å²) in [6.07, 6.45) is 1.79. The lowest BCUT2D eigenvalue weighted by Gasteiger charge is -2.09.